The number of methoxy groups -OCH3 is 3. The van der Waals surface area contributed by atoms with E-state index in [9.17, 15) is 9.59 Å². The first-order valence-corrected chi connectivity index (χ1v) is 9.56. The summed E-state index contributed by atoms with van der Waals surface area (Å²) in [6.07, 6.45) is 0.499. The summed E-state index contributed by atoms with van der Waals surface area (Å²) in [4.78, 5) is 26.3. The van der Waals surface area contributed by atoms with Gasteiger partial charge in [0.2, 0.25) is 5.75 Å². The maximum Gasteiger partial charge on any atom is 0.321 e. The molecule has 2 amide bonds. The molecule has 9 heteroatoms. The van der Waals surface area contributed by atoms with Crippen LogP contribution in [-0.2, 0) is 7.05 Å². The number of amides is 2. The lowest BCUT2D eigenvalue weighted by Crippen LogP contribution is -2.34. The summed E-state index contributed by atoms with van der Waals surface area (Å²) in [7, 11) is 6.27. The Labute approximate surface area is 175 Å². The summed E-state index contributed by atoms with van der Waals surface area (Å²) < 4.78 is 23.4. The molecule has 30 heavy (non-hydrogen) atoms. The van der Waals surface area contributed by atoms with Gasteiger partial charge >= 0.3 is 6.03 Å². The van der Waals surface area contributed by atoms with Crippen LogP contribution in [-0.4, -0.2) is 56.0 Å². The monoisotopic (exact) mass is 417 g/mol. The number of carbonyl (C=O) groups excluding carboxylic acids is 1. The Morgan fingerprint density at radius 1 is 1.07 bits per heavy atom. The molecule has 1 N–H and O–H groups in total. The first-order valence-electron chi connectivity index (χ1n) is 9.56. The zero-order chi connectivity index (χ0) is 21.8. The van der Waals surface area contributed by atoms with Crippen molar-refractivity contribution in [3.63, 3.8) is 0 Å². The standard InChI is InChI=1S/C21H27N3O6/c1-13-8-16(11-19(25)23(13)2)30-15-6-7-24(12-15)21(26)22-14-9-17(27-3)20(29-5)18(10-14)28-4/h8-11,15H,6-7,12H2,1-5H3,(H,22,26). The van der Waals surface area contributed by atoms with Crippen molar-refractivity contribution in [3.05, 3.63) is 40.3 Å². The number of aryl methyl sites for hydroxylation is 1. The number of benzene rings is 1. The highest BCUT2D eigenvalue weighted by Crippen LogP contribution is 2.40. The molecule has 0 bridgehead atoms. The summed E-state index contributed by atoms with van der Waals surface area (Å²) in [5.74, 6) is 1.89. The summed E-state index contributed by atoms with van der Waals surface area (Å²) in [5.41, 5.74) is 1.22. The highest BCUT2D eigenvalue weighted by molar-refractivity contribution is 5.90. The quantitative estimate of drug-likeness (QED) is 0.776. The van der Waals surface area contributed by atoms with Gasteiger partial charge in [-0.25, -0.2) is 4.79 Å². The van der Waals surface area contributed by atoms with Crippen LogP contribution < -0.4 is 29.8 Å². The van der Waals surface area contributed by atoms with Gasteiger partial charge in [-0.1, -0.05) is 0 Å². The smallest absolute Gasteiger partial charge is 0.321 e. The number of nitrogens with one attached hydrogen (secondary N) is 1. The first kappa shape index (κ1) is 21.4. The minimum absolute atomic E-state index is 0.125. The SMILES string of the molecule is COc1cc(NC(=O)N2CCC(Oc3cc(C)n(C)c(=O)c3)C2)cc(OC)c1OC. The van der Waals surface area contributed by atoms with Gasteiger partial charge in [0.25, 0.3) is 5.56 Å². The van der Waals surface area contributed by atoms with E-state index >= 15 is 0 Å². The van der Waals surface area contributed by atoms with Crippen molar-refractivity contribution in [3.8, 4) is 23.0 Å². The van der Waals surface area contributed by atoms with Crippen LogP contribution in [0.5, 0.6) is 23.0 Å². The van der Waals surface area contributed by atoms with Gasteiger partial charge in [0.1, 0.15) is 11.9 Å². The topological polar surface area (TPSA) is 91.3 Å². The van der Waals surface area contributed by atoms with Crippen LogP contribution in [0, 0.1) is 6.92 Å². The lowest BCUT2D eigenvalue weighted by atomic mass is 10.2. The number of ether oxygens (including phenoxy) is 4. The van der Waals surface area contributed by atoms with Gasteiger partial charge in [-0.3, -0.25) is 4.79 Å². The van der Waals surface area contributed by atoms with Crippen LogP contribution in [0.3, 0.4) is 0 Å². The van der Waals surface area contributed by atoms with E-state index < -0.39 is 0 Å². The molecule has 0 saturated carbocycles. The van der Waals surface area contributed by atoms with Crippen LogP contribution in [0.1, 0.15) is 12.1 Å². The molecule has 0 radical (unpaired) electrons. The normalized spacial score (nSPS) is 15.6. The lowest BCUT2D eigenvalue weighted by Gasteiger charge is -2.19. The van der Waals surface area contributed by atoms with Gasteiger partial charge in [-0.2, -0.15) is 0 Å². The molecular weight excluding hydrogens is 390 g/mol. The largest absolute Gasteiger partial charge is 0.493 e. The van der Waals surface area contributed by atoms with Crippen LogP contribution in [0.25, 0.3) is 0 Å². The Morgan fingerprint density at radius 2 is 1.73 bits per heavy atom. The molecular formula is C21H27N3O6. The molecule has 1 atom stereocenters. The minimum atomic E-state index is -0.254. The third-order valence-electron chi connectivity index (χ3n) is 5.13. The third-order valence-corrected chi connectivity index (χ3v) is 5.13. The molecule has 9 nitrogen and oxygen atoms in total. The zero-order valence-corrected chi connectivity index (χ0v) is 17.9. The predicted octanol–water partition coefficient (Wildman–Crippen LogP) is 2.40. The Balaban J connectivity index is 1.66. The molecule has 0 spiro atoms. The Morgan fingerprint density at radius 3 is 2.30 bits per heavy atom. The fourth-order valence-electron chi connectivity index (χ4n) is 3.36. The average Bonchev–Trinajstić information content (AvgIpc) is 3.19. The molecule has 1 aliphatic heterocycles. The van der Waals surface area contributed by atoms with Gasteiger partial charge < -0.3 is 33.7 Å². The van der Waals surface area contributed by atoms with Gasteiger partial charge in [0, 0.05) is 43.9 Å². The molecule has 0 aliphatic carbocycles. The highest BCUT2D eigenvalue weighted by Gasteiger charge is 2.28. The van der Waals surface area contributed by atoms with Crippen LogP contribution >= 0.6 is 0 Å². The number of carbonyl (C=O) groups is 1. The highest BCUT2D eigenvalue weighted by atomic mass is 16.5. The molecule has 1 fully saturated rings. The van der Waals surface area contributed by atoms with Crippen LogP contribution in [0.2, 0.25) is 0 Å². The van der Waals surface area contributed by atoms with E-state index in [1.807, 2.05) is 13.0 Å². The number of nitrogens with zero attached hydrogens (tertiary/aromatic N) is 2. The second kappa shape index (κ2) is 8.98. The van der Waals surface area contributed by atoms with E-state index in [1.54, 1.807) is 28.6 Å². The predicted molar refractivity (Wildman–Crippen MR) is 112 cm³/mol. The van der Waals surface area contributed by atoms with Crippen LogP contribution in [0.4, 0.5) is 10.5 Å². The van der Waals surface area contributed by atoms with Crippen molar-refractivity contribution in [2.45, 2.75) is 19.4 Å². The molecule has 1 aromatic carbocycles. The number of urea groups is 1. The molecule has 2 aromatic rings. The van der Waals surface area contributed by atoms with Gasteiger partial charge in [-0.05, 0) is 13.0 Å². The van der Waals surface area contributed by atoms with Crippen molar-refractivity contribution in [1.29, 1.82) is 0 Å². The molecule has 1 saturated heterocycles. The summed E-state index contributed by atoms with van der Waals surface area (Å²) >= 11 is 0. The lowest BCUT2D eigenvalue weighted by molar-refractivity contribution is 0.194. The van der Waals surface area contributed by atoms with Gasteiger partial charge in [0.05, 0.1) is 33.6 Å². The van der Waals surface area contributed by atoms with Crippen molar-refractivity contribution < 1.29 is 23.7 Å². The second-order valence-corrected chi connectivity index (χ2v) is 7.05. The Hall–Kier alpha value is -3.36. The van der Waals surface area contributed by atoms with Crippen molar-refractivity contribution >= 4 is 11.7 Å². The first-order chi connectivity index (χ1) is 14.4. The molecule has 162 valence electrons. The number of hydrogen-bond acceptors (Lipinski definition) is 6. The third kappa shape index (κ3) is 4.45. The number of pyridine rings is 1. The number of likely N-dealkylation sites (tertiary alicyclic amines) is 1. The minimum Gasteiger partial charge on any atom is -0.493 e. The maximum atomic E-state index is 12.7. The summed E-state index contributed by atoms with van der Waals surface area (Å²) in [5, 5.41) is 2.86. The van der Waals surface area contributed by atoms with E-state index in [4.69, 9.17) is 18.9 Å². The Bertz CT molecular complexity index is 962. The fourth-order valence-corrected chi connectivity index (χ4v) is 3.36. The van der Waals surface area contributed by atoms with Gasteiger partial charge in [0.15, 0.2) is 11.5 Å². The van der Waals surface area contributed by atoms with Gasteiger partial charge in [-0.15, -0.1) is 0 Å². The molecule has 1 aromatic heterocycles. The average molecular weight is 417 g/mol. The molecule has 2 heterocycles. The van der Waals surface area contributed by atoms with E-state index in [1.165, 1.54) is 27.4 Å². The van der Waals surface area contributed by atoms with E-state index in [-0.39, 0.29) is 17.7 Å². The number of rotatable bonds is 6. The van der Waals surface area contributed by atoms with Crippen molar-refractivity contribution in [2.75, 3.05) is 39.7 Å². The summed E-state index contributed by atoms with van der Waals surface area (Å²) in [6.45, 7) is 2.81. The maximum absolute atomic E-state index is 12.7. The zero-order valence-electron chi connectivity index (χ0n) is 17.9. The second-order valence-electron chi connectivity index (χ2n) is 7.05. The van der Waals surface area contributed by atoms with E-state index in [0.29, 0.717) is 48.2 Å². The number of aromatic nitrogens is 1. The van der Waals surface area contributed by atoms with Crippen molar-refractivity contribution in [2.24, 2.45) is 7.05 Å². The van der Waals surface area contributed by atoms with E-state index in [0.717, 1.165) is 5.69 Å². The Kier molecular flexibility index (Phi) is 6.39. The van der Waals surface area contributed by atoms with E-state index in [2.05, 4.69) is 5.32 Å². The summed E-state index contributed by atoms with van der Waals surface area (Å²) in [6, 6.07) is 6.37. The fraction of sp³-hybridized carbons (Fsp3) is 0.429. The molecule has 1 unspecified atom stereocenters. The number of anilines is 1. The molecule has 3 rings (SSSR count). The number of hydrogen-bond donors (Lipinski definition) is 1. The molecule has 1 aliphatic rings. The van der Waals surface area contributed by atoms with Crippen molar-refractivity contribution in [1.82, 2.24) is 9.47 Å². The van der Waals surface area contributed by atoms with Crippen LogP contribution in [0.15, 0.2) is 29.1 Å².